The highest BCUT2D eigenvalue weighted by Gasteiger charge is 2.26. The number of fused-ring (bicyclic) bond motifs is 1. The first-order chi connectivity index (χ1) is 9.81. The maximum absolute atomic E-state index is 5.90. The number of ether oxygens (including phenoxy) is 1. The van der Waals surface area contributed by atoms with E-state index < -0.39 is 0 Å². The van der Waals surface area contributed by atoms with E-state index in [0.29, 0.717) is 0 Å². The van der Waals surface area contributed by atoms with Gasteiger partial charge in [0.1, 0.15) is 6.10 Å². The third-order valence-electron chi connectivity index (χ3n) is 4.26. The molecule has 0 amide bonds. The van der Waals surface area contributed by atoms with Crippen LogP contribution in [0.15, 0.2) is 0 Å². The van der Waals surface area contributed by atoms with Gasteiger partial charge in [-0.2, -0.15) is 0 Å². The van der Waals surface area contributed by atoms with Crippen molar-refractivity contribution in [3.63, 3.8) is 0 Å². The van der Waals surface area contributed by atoms with E-state index in [4.69, 9.17) is 14.7 Å². The van der Waals surface area contributed by atoms with Crippen LogP contribution in [0.1, 0.15) is 42.7 Å². The molecular weight excluding hydrogens is 252 g/mol. The van der Waals surface area contributed by atoms with Gasteiger partial charge in [-0.3, -0.25) is 4.90 Å². The van der Waals surface area contributed by atoms with Gasteiger partial charge in [0.25, 0.3) is 0 Å². The molecule has 0 saturated carbocycles. The van der Waals surface area contributed by atoms with Crippen molar-refractivity contribution in [2.75, 3.05) is 32.8 Å². The van der Waals surface area contributed by atoms with Crippen LogP contribution in [0, 0.1) is 0 Å². The van der Waals surface area contributed by atoms with E-state index in [-0.39, 0.29) is 6.10 Å². The van der Waals surface area contributed by atoms with Crippen molar-refractivity contribution < 1.29 is 4.74 Å². The van der Waals surface area contributed by atoms with Crippen LogP contribution < -0.4 is 5.32 Å². The van der Waals surface area contributed by atoms with Crippen LogP contribution in [-0.4, -0.2) is 47.7 Å². The fourth-order valence-electron chi connectivity index (χ4n) is 3.04. The molecule has 110 valence electrons. The Morgan fingerprint density at radius 3 is 3.05 bits per heavy atom. The highest BCUT2D eigenvalue weighted by atomic mass is 16.5. The number of morpholine rings is 1. The second kappa shape index (κ2) is 6.16. The summed E-state index contributed by atoms with van der Waals surface area (Å²) in [6.07, 6.45) is 2.05. The molecule has 1 aromatic rings. The average molecular weight is 276 g/mol. The molecule has 0 aliphatic carbocycles. The molecule has 1 N–H and O–H groups in total. The summed E-state index contributed by atoms with van der Waals surface area (Å²) in [5.41, 5.74) is 3.75. The smallest absolute Gasteiger partial charge is 0.158 e. The first-order valence-electron chi connectivity index (χ1n) is 7.75. The molecule has 20 heavy (non-hydrogen) atoms. The third-order valence-corrected chi connectivity index (χ3v) is 4.26. The maximum Gasteiger partial charge on any atom is 0.158 e. The molecule has 0 spiro atoms. The lowest BCUT2D eigenvalue weighted by molar-refractivity contribution is -0.0328. The Morgan fingerprint density at radius 2 is 2.25 bits per heavy atom. The number of hydrogen-bond acceptors (Lipinski definition) is 5. The van der Waals surface area contributed by atoms with Gasteiger partial charge in [0.15, 0.2) is 5.82 Å². The van der Waals surface area contributed by atoms with Crippen LogP contribution in [0.4, 0.5) is 0 Å². The van der Waals surface area contributed by atoms with Crippen LogP contribution in [-0.2, 0) is 24.1 Å². The highest BCUT2D eigenvalue weighted by molar-refractivity contribution is 5.29. The second-order valence-corrected chi connectivity index (χ2v) is 5.49. The Morgan fingerprint density at radius 1 is 1.35 bits per heavy atom. The summed E-state index contributed by atoms with van der Waals surface area (Å²) in [5, 5.41) is 3.40. The van der Waals surface area contributed by atoms with Gasteiger partial charge < -0.3 is 10.1 Å². The van der Waals surface area contributed by atoms with Crippen LogP contribution in [0.3, 0.4) is 0 Å². The first kappa shape index (κ1) is 13.9. The summed E-state index contributed by atoms with van der Waals surface area (Å²) >= 11 is 0. The third kappa shape index (κ3) is 2.71. The van der Waals surface area contributed by atoms with Crippen molar-refractivity contribution >= 4 is 0 Å². The normalized spacial score (nSPS) is 23.6. The van der Waals surface area contributed by atoms with E-state index in [1.165, 1.54) is 17.0 Å². The van der Waals surface area contributed by atoms with Gasteiger partial charge in [-0.1, -0.05) is 13.8 Å². The van der Waals surface area contributed by atoms with E-state index in [0.717, 1.165) is 58.0 Å². The fourth-order valence-corrected chi connectivity index (χ4v) is 3.04. The molecule has 5 nitrogen and oxygen atoms in total. The molecule has 1 unspecified atom stereocenters. The zero-order valence-electron chi connectivity index (χ0n) is 12.5. The molecule has 5 heteroatoms. The Balaban J connectivity index is 1.89. The van der Waals surface area contributed by atoms with Gasteiger partial charge in [0.05, 0.1) is 12.3 Å². The summed E-state index contributed by atoms with van der Waals surface area (Å²) in [5.74, 6) is 0.877. The molecule has 1 saturated heterocycles. The number of rotatable bonds is 3. The molecule has 1 fully saturated rings. The topological polar surface area (TPSA) is 50.3 Å². The molecule has 0 radical (unpaired) electrons. The van der Waals surface area contributed by atoms with E-state index in [9.17, 15) is 0 Å². The predicted molar refractivity (Wildman–Crippen MR) is 77.6 cm³/mol. The zero-order valence-corrected chi connectivity index (χ0v) is 12.5. The van der Waals surface area contributed by atoms with Gasteiger partial charge >= 0.3 is 0 Å². The van der Waals surface area contributed by atoms with Crippen molar-refractivity contribution in [2.45, 2.75) is 39.3 Å². The number of likely N-dealkylation sites (N-methyl/N-ethyl adjacent to an activating group) is 1. The monoisotopic (exact) mass is 276 g/mol. The molecule has 2 aliphatic rings. The quantitative estimate of drug-likeness (QED) is 0.895. The minimum Gasteiger partial charge on any atom is -0.368 e. The number of aromatic nitrogens is 2. The van der Waals surface area contributed by atoms with Crippen molar-refractivity contribution in [1.29, 1.82) is 0 Å². The molecule has 1 aromatic heterocycles. The van der Waals surface area contributed by atoms with E-state index in [1.54, 1.807) is 0 Å². The first-order valence-corrected chi connectivity index (χ1v) is 7.75. The summed E-state index contributed by atoms with van der Waals surface area (Å²) in [4.78, 5) is 12.0. The van der Waals surface area contributed by atoms with E-state index >= 15 is 0 Å². The summed E-state index contributed by atoms with van der Waals surface area (Å²) in [6.45, 7) is 10.0. The van der Waals surface area contributed by atoms with Crippen LogP contribution >= 0.6 is 0 Å². The van der Waals surface area contributed by atoms with Crippen molar-refractivity contribution in [1.82, 2.24) is 20.2 Å². The Kier molecular flexibility index (Phi) is 4.29. The largest absolute Gasteiger partial charge is 0.368 e. The molecule has 0 bridgehead atoms. The summed E-state index contributed by atoms with van der Waals surface area (Å²) < 4.78 is 5.90. The predicted octanol–water partition coefficient (Wildman–Crippen LogP) is 1.08. The van der Waals surface area contributed by atoms with Crippen molar-refractivity contribution in [3.05, 3.63) is 22.8 Å². The molecule has 3 heterocycles. The van der Waals surface area contributed by atoms with E-state index in [2.05, 4.69) is 24.1 Å². The Labute approximate surface area is 120 Å². The number of nitrogens with zero attached hydrogens (tertiary/aromatic N) is 3. The second-order valence-electron chi connectivity index (χ2n) is 5.49. The van der Waals surface area contributed by atoms with Crippen molar-refractivity contribution in [2.24, 2.45) is 0 Å². The summed E-state index contributed by atoms with van der Waals surface area (Å²) in [6, 6.07) is 0. The number of nitrogens with one attached hydrogen (secondary N) is 1. The fraction of sp³-hybridized carbons (Fsp3) is 0.733. The lowest BCUT2D eigenvalue weighted by atomic mass is 10.0. The minimum atomic E-state index is 0.0289. The Bertz CT molecular complexity index is 460. The lowest BCUT2D eigenvalue weighted by Gasteiger charge is -2.32. The molecule has 2 aliphatic heterocycles. The van der Waals surface area contributed by atoms with Gasteiger partial charge in [-0.15, -0.1) is 0 Å². The van der Waals surface area contributed by atoms with Crippen LogP contribution in [0.5, 0.6) is 0 Å². The molecule has 3 rings (SSSR count). The number of hydrogen-bond donors (Lipinski definition) is 1. The van der Waals surface area contributed by atoms with Gasteiger partial charge in [0.2, 0.25) is 0 Å². The van der Waals surface area contributed by atoms with Gasteiger partial charge in [0, 0.05) is 25.3 Å². The lowest BCUT2D eigenvalue weighted by Crippen LogP contribution is -2.39. The number of aryl methyl sites for hydroxylation is 1. The van der Waals surface area contributed by atoms with Crippen LogP contribution in [0.2, 0.25) is 0 Å². The Hall–Kier alpha value is -1.04. The van der Waals surface area contributed by atoms with Crippen molar-refractivity contribution in [3.8, 4) is 0 Å². The molecule has 1 atom stereocenters. The van der Waals surface area contributed by atoms with E-state index in [1.807, 2.05) is 0 Å². The standard InChI is InChI=1S/C15H24N4O/c1-3-12-11-5-6-16-9-13(11)18-15(17-12)14-10-19(4-2)7-8-20-14/h14,16H,3-10H2,1-2H3. The summed E-state index contributed by atoms with van der Waals surface area (Å²) in [7, 11) is 0. The zero-order chi connectivity index (χ0) is 13.9. The highest BCUT2D eigenvalue weighted by Crippen LogP contribution is 2.23. The average Bonchev–Trinajstić information content (AvgIpc) is 2.53. The molecule has 0 aromatic carbocycles. The molecular formula is C15H24N4O. The van der Waals surface area contributed by atoms with Gasteiger partial charge in [-0.05, 0) is 31.5 Å². The minimum absolute atomic E-state index is 0.0289. The SMILES string of the molecule is CCc1nc(C2CN(CC)CCO2)nc2c1CCNC2. The van der Waals surface area contributed by atoms with Gasteiger partial charge in [-0.25, -0.2) is 9.97 Å². The van der Waals surface area contributed by atoms with Crippen LogP contribution in [0.25, 0.3) is 0 Å². The maximum atomic E-state index is 5.90.